The third kappa shape index (κ3) is 1.84. The van der Waals surface area contributed by atoms with Gasteiger partial charge in [-0.3, -0.25) is 0 Å². The Labute approximate surface area is 121 Å². The summed E-state index contributed by atoms with van der Waals surface area (Å²) in [4.78, 5) is 14.2. The van der Waals surface area contributed by atoms with E-state index in [9.17, 15) is 10.1 Å². The van der Waals surface area contributed by atoms with E-state index in [0.717, 1.165) is 12.8 Å². The maximum absolute atomic E-state index is 12.6. The number of fused-ring (bicyclic) bond motifs is 1. The molecule has 2 heterocycles. The lowest BCUT2D eigenvalue weighted by molar-refractivity contribution is -0.333. The van der Waals surface area contributed by atoms with Gasteiger partial charge < -0.3 is 5.73 Å². The van der Waals surface area contributed by atoms with Crippen LogP contribution in [0.1, 0.15) is 19.3 Å². The van der Waals surface area contributed by atoms with Crippen LogP contribution in [0.25, 0.3) is 0 Å². The second kappa shape index (κ2) is 4.80. The van der Waals surface area contributed by atoms with Crippen molar-refractivity contribution in [1.29, 1.82) is 5.26 Å². The van der Waals surface area contributed by atoms with Crippen LogP contribution in [0, 0.1) is 11.3 Å². The van der Waals surface area contributed by atoms with Crippen LogP contribution in [0.15, 0.2) is 24.3 Å². The predicted molar refractivity (Wildman–Crippen MR) is 74.8 cm³/mol. The van der Waals surface area contributed by atoms with Crippen molar-refractivity contribution in [3.8, 4) is 6.07 Å². The molecule has 2 amide bonds. The first-order chi connectivity index (χ1) is 9.63. The molecule has 0 spiro atoms. The fourth-order valence-corrected chi connectivity index (χ4v) is 3.12. The number of nitrogens with zero attached hydrogens (tertiary/aromatic N) is 3. The zero-order valence-electron chi connectivity index (χ0n) is 10.8. The van der Waals surface area contributed by atoms with E-state index < -0.39 is 6.04 Å². The summed E-state index contributed by atoms with van der Waals surface area (Å²) in [6.07, 6.45) is 2.40. The van der Waals surface area contributed by atoms with E-state index in [-0.39, 0.29) is 12.1 Å². The predicted octanol–water partition coefficient (Wildman–Crippen LogP) is 2.22. The molecule has 2 N–H and O–H groups in total. The Morgan fingerprint density at radius 2 is 2.25 bits per heavy atom. The molecule has 5 nitrogen and oxygen atoms in total. The summed E-state index contributed by atoms with van der Waals surface area (Å²) in [5.74, 6) is 0.484. The highest BCUT2D eigenvalue weighted by atomic mass is 35.5. The molecule has 1 saturated heterocycles. The summed E-state index contributed by atoms with van der Waals surface area (Å²) >= 11 is 5.97. The minimum Gasteiger partial charge on any atom is -0.319 e. The molecule has 0 aliphatic carbocycles. The number of nitriles is 1. The molecule has 3 rings (SSSR count). The Balaban J connectivity index is 2.06. The molecule has 2 aliphatic heterocycles. The van der Waals surface area contributed by atoms with E-state index in [1.807, 2.05) is 0 Å². The molecular weight excluding hydrogens is 276 g/mol. The molecule has 0 bridgehead atoms. The normalized spacial score (nSPS) is 25.6. The Morgan fingerprint density at radius 1 is 1.45 bits per heavy atom. The minimum atomic E-state index is -0.399. The summed E-state index contributed by atoms with van der Waals surface area (Å²) < 4.78 is 1.46. The first kappa shape index (κ1) is 12.9. The van der Waals surface area contributed by atoms with Gasteiger partial charge >= 0.3 is 6.03 Å². The molecule has 0 radical (unpaired) electrons. The molecule has 0 aromatic heterocycles. The summed E-state index contributed by atoms with van der Waals surface area (Å²) in [6, 6.07) is 8.39. The highest BCUT2D eigenvalue weighted by Crippen LogP contribution is 2.31. The molecule has 6 heteroatoms. The average Bonchev–Trinajstić information content (AvgIpc) is 2.71. The number of halogens is 1. The lowest BCUT2D eigenvalue weighted by atomic mass is 9.97. The number of nitrogens with two attached hydrogens (primary N) is 1. The standard InChI is InChI=1S/C14H13ClN4O/c15-9-3-1-4-10(7-9)19-13(17)12-6-2-5-11(8-16)18(12)14(19)20/h1,3-4,7,11-12,17H,2,5-6H2/p+1. The van der Waals surface area contributed by atoms with E-state index in [0.29, 0.717) is 23.0 Å². The van der Waals surface area contributed by atoms with Crippen LogP contribution < -0.4 is 5.73 Å². The Bertz CT molecular complexity index is 649. The van der Waals surface area contributed by atoms with E-state index >= 15 is 0 Å². The first-order valence-corrected chi connectivity index (χ1v) is 6.91. The maximum atomic E-state index is 12.6. The molecule has 2 unspecified atom stereocenters. The van der Waals surface area contributed by atoms with Gasteiger partial charge in [0.2, 0.25) is 5.84 Å². The van der Waals surface area contributed by atoms with Gasteiger partial charge in [-0.15, -0.1) is 0 Å². The number of rotatable bonds is 1. The molecule has 1 aromatic carbocycles. The van der Waals surface area contributed by atoms with E-state index in [2.05, 4.69) is 6.07 Å². The smallest absolute Gasteiger partial charge is 0.319 e. The van der Waals surface area contributed by atoms with Gasteiger partial charge in [-0.25, -0.2) is 9.69 Å². The number of carbonyl (C=O) groups excluding carboxylic acids is 1. The van der Waals surface area contributed by atoms with Crippen LogP contribution in [-0.2, 0) is 0 Å². The number of hydrogen-bond donors (Lipinski definition) is 1. The van der Waals surface area contributed by atoms with Crippen molar-refractivity contribution < 1.29 is 9.37 Å². The highest BCUT2D eigenvalue weighted by Gasteiger charge is 2.50. The van der Waals surface area contributed by atoms with Crippen molar-refractivity contribution in [2.24, 2.45) is 5.73 Å². The molecular formula is C14H14ClN4O+. The largest absolute Gasteiger partial charge is 0.445 e. The van der Waals surface area contributed by atoms with Crippen LogP contribution in [0.4, 0.5) is 10.5 Å². The van der Waals surface area contributed by atoms with E-state index in [4.69, 9.17) is 17.3 Å². The Hall–Kier alpha value is -2.06. The van der Waals surface area contributed by atoms with Crippen LogP contribution in [0.3, 0.4) is 0 Å². The lowest BCUT2D eigenvalue weighted by Crippen LogP contribution is -2.49. The van der Waals surface area contributed by atoms with Crippen molar-refractivity contribution in [3.05, 3.63) is 29.3 Å². The number of piperidine rings is 1. The van der Waals surface area contributed by atoms with Gasteiger partial charge in [0, 0.05) is 5.02 Å². The molecule has 1 fully saturated rings. The third-order valence-electron chi connectivity index (χ3n) is 3.85. The number of benzene rings is 1. The van der Waals surface area contributed by atoms with Gasteiger partial charge in [0.05, 0.1) is 0 Å². The van der Waals surface area contributed by atoms with Crippen LogP contribution in [0.5, 0.6) is 0 Å². The van der Waals surface area contributed by atoms with Gasteiger partial charge in [0.1, 0.15) is 11.8 Å². The number of urea groups is 1. The minimum absolute atomic E-state index is 0.181. The number of hydrogen-bond acceptors (Lipinski definition) is 3. The molecule has 20 heavy (non-hydrogen) atoms. The van der Waals surface area contributed by atoms with Crippen LogP contribution in [0.2, 0.25) is 5.02 Å². The molecule has 2 aliphatic rings. The van der Waals surface area contributed by atoms with Crippen molar-refractivity contribution in [3.63, 3.8) is 0 Å². The second-order valence-corrected chi connectivity index (χ2v) is 5.46. The maximum Gasteiger partial charge on any atom is 0.445 e. The van der Waals surface area contributed by atoms with Crippen molar-refractivity contribution >= 4 is 29.2 Å². The van der Waals surface area contributed by atoms with Gasteiger partial charge in [-0.05, 0) is 37.5 Å². The lowest BCUT2D eigenvalue weighted by Gasteiger charge is -2.27. The quantitative estimate of drug-likeness (QED) is 0.806. The number of amides is 2. The third-order valence-corrected chi connectivity index (χ3v) is 4.09. The molecule has 0 saturated carbocycles. The van der Waals surface area contributed by atoms with Crippen molar-refractivity contribution in [2.75, 3.05) is 0 Å². The highest BCUT2D eigenvalue weighted by molar-refractivity contribution is 6.30. The summed E-state index contributed by atoms with van der Waals surface area (Å²) in [7, 11) is 0. The average molecular weight is 290 g/mol. The fraction of sp³-hybridized carbons (Fsp3) is 0.357. The Kier molecular flexibility index (Phi) is 3.11. The summed E-state index contributed by atoms with van der Waals surface area (Å²) in [5, 5.41) is 9.76. The zero-order valence-corrected chi connectivity index (χ0v) is 11.5. The van der Waals surface area contributed by atoms with Gasteiger partial charge in [-0.1, -0.05) is 17.7 Å². The van der Waals surface area contributed by atoms with Crippen LogP contribution >= 0.6 is 11.6 Å². The first-order valence-electron chi connectivity index (χ1n) is 6.53. The van der Waals surface area contributed by atoms with Gasteiger partial charge in [-0.2, -0.15) is 9.84 Å². The molecule has 2 atom stereocenters. The van der Waals surface area contributed by atoms with Gasteiger partial charge in [0.25, 0.3) is 0 Å². The zero-order chi connectivity index (χ0) is 14.3. The van der Waals surface area contributed by atoms with Crippen molar-refractivity contribution in [2.45, 2.75) is 31.3 Å². The topological polar surface area (TPSA) is 73.1 Å². The number of amidine groups is 1. The van der Waals surface area contributed by atoms with Crippen molar-refractivity contribution in [1.82, 2.24) is 4.90 Å². The number of carbonyl (C=O) groups is 1. The van der Waals surface area contributed by atoms with Gasteiger partial charge in [0.15, 0.2) is 12.1 Å². The second-order valence-electron chi connectivity index (χ2n) is 5.02. The monoisotopic (exact) mass is 289 g/mol. The summed E-state index contributed by atoms with van der Waals surface area (Å²) in [6.45, 7) is 0. The van der Waals surface area contributed by atoms with Crippen LogP contribution in [-0.4, -0.2) is 33.4 Å². The summed E-state index contributed by atoms with van der Waals surface area (Å²) in [5.41, 5.74) is 6.80. The fourth-order valence-electron chi connectivity index (χ4n) is 2.93. The SMILES string of the molecule is N#CC1CCCC2C(N)=[N+](c3cccc(Cl)c3)C(=O)N12. The van der Waals surface area contributed by atoms with E-state index in [1.165, 1.54) is 4.58 Å². The Morgan fingerprint density at radius 3 is 2.95 bits per heavy atom. The molecule has 1 aromatic rings. The molecule has 102 valence electrons. The van der Waals surface area contributed by atoms with E-state index in [1.54, 1.807) is 29.2 Å².